The molecule has 0 bridgehead atoms. The molecule has 17 heavy (non-hydrogen) atoms. The van der Waals surface area contributed by atoms with Crippen LogP contribution in [0, 0.1) is 0 Å². The van der Waals surface area contributed by atoms with Gasteiger partial charge < -0.3 is 14.8 Å². The minimum Gasteiger partial charge on any atom is -0.493 e. The molecule has 0 aliphatic carbocycles. The first-order valence-electron chi connectivity index (χ1n) is 6.08. The van der Waals surface area contributed by atoms with Gasteiger partial charge in [0, 0.05) is 36.2 Å². The Hall–Kier alpha value is -0.770. The Kier molecular flexibility index (Phi) is 3.23. The Labute approximate surface area is 106 Å². The van der Waals surface area contributed by atoms with Crippen LogP contribution in [-0.2, 0) is 17.7 Å². The lowest BCUT2D eigenvalue weighted by atomic mass is 10.1. The maximum atomic E-state index is 6.12. The molecule has 1 atom stereocenters. The first-order chi connectivity index (χ1) is 8.33. The van der Waals surface area contributed by atoms with Crippen molar-refractivity contribution in [2.75, 3.05) is 19.8 Å². The molecule has 2 aliphatic rings. The highest BCUT2D eigenvalue weighted by Crippen LogP contribution is 2.32. The predicted octanol–water partition coefficient (Wildman–Crippen LogP) is 2.15. The fourth-order valence-corrected chi connectivity index (χ4v) is 2.69. The highest BCUT2D eigenvalue weighted by molar-refractivity contribution is 6.30. The van der Waals surface area contributed by atoms with E-state index in [1.807, 2.05) is 12.1 Å². The van der Waals surface area contributed by atoms with Crippen LogP contribution in [-0.4, -0.2) is 25.9 Å². The molecule has 2 aliphatic heterocycles. The topological polar surface area (TPSA) is 30.5 Å². The molecule has 0 radical (unpaired) electrons. The van der Waals surface area contributed by atoms with Gasteiger partial charge in [0.1, 0.15) is 5.75 Å². The van der Waals surface area contributed by atoms with Gasteiger partial charge in [0.25, 0.3) is 0 Å². The molecule has 0 saturated carbocycles. The molecule has 3 rings (SSSR count). The van der Waals surface area contributed by atoms with Crippen LogP contribution in [0.5, 0.6) is 5.75 Å². The molecule has 3 nitrogen and oxygen atoms in total. The molecule has 1 fully saturated rings. The van der Waals surface area contributed by atoms with Crippen LogP contribution in [0.3, 0.4) is 0 Å². The van der Waals surface area contributed by atoms with Gasteiger partial charge in [-0.25, -0.2) is 0 Å². The van der Waals surface area contributed by atoms with E-state index in [2.05, 4.69) is 5.32 Å². The summed E-state index contributed by atoms with van der Waals surface area (Å²) in [6, 6.07) is 4.46. The number of nitrogens with one attached hydrogen (secondary N) is 1. The van der Waals surface area contributed by atoms with Gasteiger partial charge in [0.15, 0.2) is 0 Å². The maximum absolute atomic E-state index is 6.12. The lowest BCUT2D eigenvalue weighted by Crippen LogP contribution is -2.28. The van der Waals surface area contributed by atoms with Gasteiger partial charge in [-0.15, -0.1) is 0 Å². The summed E-state index contributed by atoms with van der Waals surface area (Å²) in [6.07, 6.45) is 2.05. The summed E-state index contributed by atoms with van der Waals surface area (Å²) in [7, 11) is 0. The summed E-state index contributed by atoms with van der Waals surface area (Å²) in [6.45, 7) is 3.25. The molecular formula is C13H16ClNO2. The van der Waals surface area contributed by atoms with E-state index in [4.69, 9.17) is 21.1 Å². The number of hydrogen-bond donors (Lipinski definition) is 1. The fraction of sp³-hybridized carbons (Fsp3) is 0.538. The number of benzene rings is 1. The molecule has 1 N–H and O–H groups in total. The Morgan fingerprint density at radius 2 is 2.29 bits per heavy atom. The van der Waals surface area contributed by atoms with Crippen LogP contribution in [0.25, 0.3) is 0 Å². The standard InChI is InChI=1S/C13H16ClNO2/c14-11-5-9-1-4-17-13(9)10(6-11)7-15-12-2-3-16-8-12/h5-6,12,15H,1-4,7-8H2. The first-order valence-corrected chi connectivity index (χ1v) is 6.46. The second kappa shape index (κ2) is 4.84. The third-order valence-electron chi connectivity index (χ3n) is 3.34. The maximum Gasteiger partial charge on any atom is 0.127 e. The molecule has 0 spiro atoms. The summed E-state index contributed by atoms with van der Waals surface area (Å²) in [5.41, 5.74) is 2.40. The SMILES string of the molecule is Clc1cc2c(c(CNC3CCOC3)c1)OCC2. The molecule has 1 aromatic rings. The Morgan fingerprint density at radius 3 is 3.12 bits per heavy atom. The number of hydrogen-bond acceptors (Lipinski definition) is 3. The average Bonchev–Trinajstić information content (AvgIpc) is 2.95. The molecule has 1 saturated heterocycles. The van der Waals surface area contributed by atoms with Crippen molar-refractivity contribution in [1.82, 2.24) is 5.32 Å². The van der Waals surface area contributed by atoms with Crippen molar-refractivity contribution in [2.24, 2.45) is 0 Å². The van der Waals surface area contributed by atoms with Crippen molar-refractivity contribution in [1.29, 1.82) is 0 Å². The second-order valence-electron chi connectivity index (χ2n) is 4.59. The smallest absolute Gasteiger partial charge is 0.127 e. The van der Waals surface area contributed by atoms with Crippen LogP contribution in [0.2, 0.25) is 5.02 Å². The van der Waals surface area contributed by atoms with E-state index in [0.717, 1.165) is 55.5 Å². The van der Waals surface area contributed by atoms with E-state index >= 15 is 0 Å². The van der Waals surface area contributed by atoms with E-state index in [-0.39, 0.29) is 0 Å². The summed E-state index contributed by atoms with van der Waals surface area (Å²) in [5, 5.41) is 4.29. The third-order valence-corrected chi connectivity index (χ3v) is 3.55. The van der Waals surface area contributed by atoms with E-state index in [0.29, 0.717) is 6.04 Å². The summed E-state index contributed by atoms with van der Waals surface area (Å²) in [5.74, 6) is 1.03. The molecular weight excluding hydrogens is 238 g/mol. The lowest BCUT2D eigenvalue weighted by molar-refractivity contribution is 0.189. The third kappa shape index (κ3) is 2.41. The summed E-state index contributed by atoms with van der Waals surface area (Å²) in [4.78, 5) is 0. The van der Waals surface area contributed by atoms with E-state index in [9.17, 15) is 0 Å². The summed E-state index contributed by atoms with van der Waals surface area (Å²) < 4.78 is 11.0. The molecule has 4 heteroatoms. The van der Waals surface area contributed by atoms with Crippen molar-refractivity contribution in [3.8, 4) is 5.75 Å². The Bertz CT molecular complexity index is 416. The van der Waals surface area contributed by atoms with Crippen molar-refractivity contribution in [2.45, 2.75) is 25.4 Å². The van der Waals surface area contributed by atoms with E-state index < -0.39 is 0 Å². The number of rotatable bonds is 3. The van der Waals surface area contributed by atoms with E-state index in [1.54, 1.807) is 0 Å². The lowest BCUT2D eigenvalue weighted by Gasteiger charge is -2.13. The van der Waals surface area contributed by atoms with Crippen LogP contribution >= 0.6 is 11.6 Å². The summed E-state index contributed by atoms with van der Waals surface area (Å²) >= 11 is 6.12. The van der Waals surface area contributed by atoms with Crippen LogP contribution in [0.4, 0.5) is 0 Å². The van der Waals surface area contributed by atoms with Gasteiger partial charge in [-0.05, 0) is 24.1 Å². The molecule has 1 unspecified atom stereocenters. The predicted molar refractivity (Wildman–Crippen MR) is 66.7 cm³/mol. The zero-order chi connectivity index (χ0) is 11.7. The van der Waals surface area contributed by atoms with Crippen LogP contribution in [0.15, 0.2) is 12.1 Å². The van der Waals surface area contributed by atoms with Gasteiger partial charge in [-0.1, -0.05) is 11.6 Å². The highest BCUT2D eigenvalue weighted by Gasteiger charge is 2.19. The van der Waals surface area contributed by atoms with Crippen molar-refractivity contribution in [3.63, 3.8) is 0 Å². The van der Waals surface area contributed by atoms with E-state index in [1.165, 1.54) is 5.56 Å². The zero-order valence-electron chi connectivity index (χ0n) is 9.67. The molecule has 2 heterocycles. The van der Waals surface area contributed by atoms with Crippen LogP contribution in [0.1, 0.15) is 17.5 Å². The van der Waals surface area contributed by atoms with Crippen molar-refractivity contribution < 1.29 is 9.47 Å². The minimum absolute atomic E-state index is 0.464. The normalized spacial score (nSPS) is 22.5. The number of ether oxygens (including phenoxy) is 2. The quantitative estimate of drug-likeness (QED) is 0.896. The molecule has 92 valence electrons. The first kappa shape index (κ1) is 11.3. The van der Waals surface area contributed by atoms with Crippen molar-refractivity contribution >= 4 is 11.6 Å². The monoisotopic (exact) mass is 253 g/mol. The second-order valence-corrected chi connectivity index (χ2v) is 5.03. The van der Waals surface area contributed by atoms with Crippen molar-refractivity contribution in [3.05, 3.63) is 28.3 Å². The highest BCUT2D eigenvalue weighted by atomic mass is 35.5. The fourth-order valence-electron chi connectivity index (χ4n) is 2.43. The molecule has 0 aromatic heterocycles. The zero-order valence-corrected chi connectivity index (χ0v) is 10.4. The number of halogens is 1. The van der Waals surface area contributed by atoms with Gasteiger partial charge in [-0.2, -0.15) is 0 Å². The molecule has 1 aromatic carbocycles. The van der Waals surface area contributed by atoms with Gasteiger partial charge in [0.2, 0.25) is 0 Å². The largest absolute Gasteiger partial charge is 0.493 e. The van der Waals surface area contributed by atoms with Gasteiger partial charge in [-0.3, -0.25) is 0 Å². The molecule has 0 amide bonds. The average molecular weight is 254 g/mol. The minimum atomic E-state index is 0.464. The number of fused-ring (bicyclic) bond motifs is 1. The Morgan fingerprint density at radius 1 is 1.35 bits per heavy atom. The Balaban J connectivity index is 1.73. The van der Waals surface area contributed by atoms with Gasteiger partial charge >= 0.3 is 0 Å². The van der Waals surface area contributed by atoms with Gasteiger partial charge in [0.05, 0.1) is 13.2 Å². The van der Waals surface area contributed by atoms with Crippen LogP contribution < -0.4 is 10.1 Å².